The number of carboxylic acid groups (broad SMARTS) is 1. The number of ether oxygens (including phenoxy) is 2. The van der Waals surface area contributed by atoms with Gasteiger partial charge in [-0.1, -0.05) is 31.4 Å². The Kier molecular flexibility index (Phi) is 9.33. The average Bonchev–Trinajstić information content (AvgIpc) is 3.73. The molecule has 0 unspecified atom stereocenters. The van der Waals surface area contributed by atoms with Crippen LogP contribution in [0.15, 0.2) is 60.7 Å². The van der Waals surface area contributed by atoms with E-state index in [4.69, 9.17) is 14.5 Å². The smallest absolute Gasteiger partial charge is 0.345 e. The topological polar surface area (TPSA) is 97.1 Å². The summed E-state index contributed by atoms with van der Waals surface area (Å²) in [6.45, 7) is 5.13. The summed E-state index contributed by atoms with van der Waals surface area (Å²) in [6.07, 6.45) is 7.58. The summed E-state index contributed by atoms with van der Waals surface area (Å²) in [4.78, 5) is 36.3. The van der Waals surface area contributed by atoms with E-state index in [0.717, 1.165) is 127 Å². The monoisotopic (exact) mass is 692 g/mol. The van der Waals surface area contributed by atoms with Crippen molar-refractivity contribution in [2.75, 3.05) is 46.5 Å². The molecule has 2 aromatic carbocycles. The van der Waals surface area contributed by atoms with E-state index >= 15 is 0 Å². The molecule has 3 aliphatic rings. The van der Waals surface area contributed by atoms with E-state index in [1.807, 2.05) is 29.2 Å². The highest BCUT2D eigenvalue weighted by atomic mass is 32.1. The molecule has 2 saturated heterocycles. The number of thiophene rings is 1. The summed E-state index contributed by atoms with van der Waals surface area (Å²) in [5.41, 5.74) is 6.96. The lowest BCUT2D eigenvalue weighted by molar-refractivity contribution is -0.133. The molecule has 0 spiro atoms. The number of morpholine rings is 1. The molecule has 5 heterocycles. The number of likely N-dealkylation sites (tertiary alicyclic amines) is 1. The van der Waals surface area contributed by atoms with Crippen LogP contribution in [0.1, 0.15) is 66.1 Å². The van der Waals surface area contributed by atoms with Crippen LogP contribution in [-0.2, 0) is 16.1 Å². The molecular formula is C40H44N4O5S. The zero-order chi connectivity index (χ0) is 34.2. The lowest BCUT2D eigenvalue weighted by atomic mass is 9.83. The zero-order valence-corrected chi connectivity index (χ0v) is 29.4. The number of carbonyl (C=O) groups is 2. The summed E-state index contributed by atoms with van der Waals surface area (Å²) in [6, 6.07) is 20.8. The molecule has 9 nitrogen and oxygen atoms in total. The minimum atomic E-state index is -0.921. The number of carbonyl (C=O) groups excluding carboxylic acids is 1. The maximum Gasteiger partial charge on any atom is 0.345 e. The lowest BCUT2D eigenvalue weighted by Crippen LogP contribution is -2.50. The largest absolute Gasteiger partial charge is 0.497 e. The SMILES string of the molecule is COc1ccc(-c2ccc3cc(-c4c(C5CCCCC5)c5sc(C(=O)O)cc5n4CC(=O)N4CCC(N5CCOCC5)CC4)ccc3n2)cc1. The molecular weight excluding hydrogens is 649 g/mol. The molecule has 50 heavy (non-hydrogen) atoms. The van der Waals surface area contributed by atoms with Gasteiger partial charge in [0.2, 0.25) is 5.91 Å². The molecule has 5 aromatic rings. The molecule has 1 N–H and O–H groups in total. The van der Waals surface area contributed by atoms with Gasteiger partial charge >= 0.3 is 5.97 Å². The summed E-state index contributed by atoms with van der Waals surface area (Å²) < 4.78 is 14.0. The van der Waals surface area contributed by atoms with Crippen molar-refractivity contribution < 1.29 is 24.2 Å². The fourth-order valence-corrected chi connectivity index (χ4v) is 9.48. The Labute approximate surface area is 296 Å². The van der Waals surface area contributed by atoms with Crippen molar-refractivity contribution in [3.05, 3.63) is 71.1 Å². The van der Waals surface area contributed by atoms with Crippen LogP contribution in [0.2, 0.25) is 0 Å². The van der Waals surface area contributed by atoms with Crippen LogP contribution in [0.25, 0.3) is 43.6 Å². The first-order valence-corrected chi connectivity index (χ1v) is 18.8. The van der Waals surface area contributed by atoms with Crippen LogP contribution in [0, 0.1) is 0 Å². The predicted molar refractivity (Wildman–Crippen MR) is 197 cm³/mol. The number of hydrogen-bond donors (Lipinski definition) is 1. The van der Waals surface area contributed by atoms with Gasteiger partial charge in [0.05, 0.1) is 47.4 Å². The van der Waals surface area contributed by atoms with Gasteiger partial charge in [-0.2, -0.15) is 0 Å². The molecule has 8 rings (SSSR count). The molecule has 3 fully saturated rings. The van der Waals surface area contributed by atoms with Crippen molar-refractivity contribution in [3.63, 3.8) is 0 Å². The van der Waals surface area contributed by atoms with Crippen molar-refractivity contribution in [2.45, 2.75) is 63.5 Å². The molecule has 0 radical (unpaired) electrons. The molecule has 1 amide bonds. The second kappa shape index (κ2) is 14.2. The van der Waals surface area contributed by atoms with E-state index in [-0.39, 0.29) is 12.5 Å². The fraction of sp³-hybridized carbons (Fsp3) is 0.425. The van der Waals surface area contributed by atoms with E-state index < -0.39 is 5.97 Å². The molecule has 0 bridgehead atoms. The summed E-state index contributed by atoms with van der Waals surface area (Å²) in [7, 11) is 1.66. The third kappa shape index (κ3) is 6.40. The van der Waals surface area contributed by atoms with Gasteiger partial charge in [-0.15, -0.1) is 11.3 Å². The molecule has 2 aliphatic heterocycles. The van der Waals surface area contributed by atoms with Gasteiger partial charge < -0.3 is 24.0 Å². The van der Waals surface area contributed by atoms with Crippen molar-refractivity contribution >= 4 is 44.3 Å². The number of methoxy groups -OCH3 is 1. The zero-order valence-electron chi connectivity index (χ0n) is 28.6. The summed E-state index contributed by atoms with van der Waals surface area (Å²) in [5.74, 6) is 0.291. The summed E-state index contributed by atoms with van der Waals surface area (Å²) >= 11 is 1.36. The number of amides is 1. The van der Waals surface area contributed by atoms with Crippen LogP contribution in [0.4, 0.5) is 0 Å². The average molecular weight is 693 g/mol. The van der Waals surface area contributed by atoms with Gasteiger partial charge in [0.15, 0.2) is 0 Å². The fourth-order valence-electron chi connectivity index (χ4n) is 8.35. The third-order valence-corrected chi connectivity index (χ3v) is 12.2. The van der Waals surface area contributed by atoms with Gasteiger partial charge in [-0.25, -0.2) is 9.78 Å². The number of nitrogens with zero attached hydrogens (tertiary/aromatic N) is 4. The number of pyridine rings is 1. The van der Waals surface area contributed by atoms with E-state index in [0.29, 0.717) is 16.8 Å². The Morgan fingerprint density at radius 2 is 1.64 bits per heavy atom. The molecule has 10 heteroatoms. The number of piperidine rings is 1. The van der Waals surface area contributed by atoms with Crippen molar-refractivity contribution in [3.8, 4) is 28.3 Å². The Bertz CT molecular complexity index is 2020. The number of aromatic carboxylic acids is 1. The Hall–Kier alpha value is -4.25. The number of benzene rings is 2. The first kappa shape index (κ1) is 32.9. The number of hydrogen-bond acceptors (Lipinski definition) is 7. The van der Waals surface area contributed by atoms with Crippen LogP contribution in [0.5, 0.6) is 5.75 Å². The van der Waals surface area contributed by atoms with E-state index in [1.54, 1.807) is 13.2 Å². The molecule has 1 saturated carbocycles. The predicted octanol–water partition coefficient (Wildman–Crippen LogP) is 7.66. The minimum absolute atomic E-state index is 0.0911. The first-order valence-electron chi connectivity index (χ1n) is 18.0. The second-order valence-corrected chi connectivity index (χ2v) is 15.0. The van der Waals surface area contributed by atoms with Crippen LogP contribution >= 0.6 is 11.3 Å². The third-order valence-electron chi connectivity index (χ3n) is 11.0. The molecule has 1 aliphatic carbocycles. The maximum absolute atomic E-state index is 14.2. The first-order chi connectivity index (χ1) is 24.5. The van der Waals surface area contributed by atoms with Crippen LogP contribution < -0.4 is 4.74 Å². The molecule has 260 valence electrons. The standard InChI is InChI=1S/C40H44N4O5S/c1-48-31-11-7-26(8-12-31)32-13-9-28-23-29(10-14-33(28)41-32)38-37(27-5-3-2-4-6-27)39-34(24-35(50-39)40(46)47)44(38)25-36(45)43-17-15-30(16-18-43)42-19-21-49-22-20-42/h7-14,23-24,27,30H,2-6,15-22,25H2,1H3,(H,46,47). The van der Waals surface area contributed by atoms with Crippen molar-refractivity contribution in [1.29, 1.82) is 0 Å². The van der Waals surface area contributed by atoms with E-state index in [9.17, 15) is 14.7 Å². The Morgan fingerprint density at radius 3 is 2.36 bits per heavy atom. The van der Waals surface area contributed by atoms with Gasteiger partial charge in [0.1, 0.15) is 17.2 Å². The Balaban J connectivity index is 1.17. The number of fused-ring (bicyclic) bond motifs is 2. The van der Waals surface area contributed by atoms with Gasteiger partial charge in [-0.3, -0.25) is 9.69 Å². The van der Waals surface area contributed by atoms with E-state index in [1.165, 1.54) is 23.3 Å². The van der Waals surface area contributed by atoms with Gasteiger partial charge in [0, 0.05) is 43.2 Å². The van der Waals surface area contributed by atoms with Gasteiger partial charge in [0.25, 0.3) is 0 Å². The van der Waals surface area contributed by atoms with Crippen LogP contribution in [-0.4, -0.2) is 88.9 Å². The highest BCUT2D eigenvalue weighted by Gasteiger charge is 2.32. The normalized spacial score (nSPS) is 18.2. The quantitative estimate of drug-likeness (QED) is 0.178. The number of carboxylic acids is 1. The van der Waals surface area contributed by atoms with Crippen molar-refractivity contribution in [1.82, 2.24) is 19.4 Å². The molecule has 3 aromatic heterocycles. The summed E-state index contributed by atoms with van der Waals surface area (Å²) in [5, 5.41) is 11.1. The lowest BCUT2D eigenvalue weighted by Gasteiger charge is -2.40. The van der Waals surface area contributed by atoms with E-state index in [2.05, 4.69) is 39.8 Å². The number of aromatic nitrogens is 2. The maximum atomic E-state index is 14.2. The molecule has 0 atom stereocenters. The Morgan fingerprint density at radius 1 is 0.900 bits per heavy atom. The van der Waals surface area contributed by atoms with Gasteiger partial charge in [-0.05, 0) is 91.3 Å². The number of rotatable bonds is 8. The minimum Gasteiger partial charge on any atom is -0.497 e. The highest BCUT2D eigenvalue weighted by molar-refractivity contribution is 7.21. The second-order valence-electron chi connectivity index (χ2n) is 13.9. The highest BCUT2D eigenvalue weighted by Crippen LogP contribution is 2.47. The van der Waals surface area contributed by atoms with Crippen LogP contribution in [0.3, 0.4) is 0 Å². The van der Waals surface area contributed by atoms with Crippen molar-refractivity contribution in [2.24, 2.45) is 0 Å².